The van der Waals surface area contributed by atoms with Crippen LogP contribution in [0.1, 0.15) is 28.4 Å². The molecule has 0 unspecified atom stereocenters. The largest absolute Gasteiger partial charge is 0.417 e. The predicted octanol–water partition coefficient (Wildman–Crippen LogP) is 4.21. The molecule has 0 spiro atoms. The average Bonchev–Trinajstić information content (AvgIpc) is 2.66. The fourth-order valence-electron chi connectivity index (χ4n) is 2.40. The molecule has 0 saturated carbocycles. The molecule has 164 valence electrons. The zero-order valence-electron chi connectivity index (χ0n) is 15.4. The van der Waals surface area contributed by atoms with Crippen LogP contribution in [0.5, 0.6) is 0 Å². The van der Waals surface area contributed by atoms with E-state index in [-0.39, 0.29) is 5.82 Å². The number of benzene rings is 1. The summed E-state index contributed by atoms with van der Waals surface area (Å²) in [5, 5.41) is 4.53. The summed E-state index contributed by atoms with van der Waals surface area (Å²) in [6.45, 7) is 1.17. The highest BCUT2D eigenvalue weighted by molar-refractivity contribution is 7.91. The van der Waals surface area contributed by atoms with Crippen molar-refractivity contribution in [3.63, 3.8) is 0 Å². The molecule has 0 saturated heterocycles. The van der Waals surface area contributed by atoms with Crippen LogP contribution >= 0.6 is 0 Å². The first-order valence-corrected chi connectivity index (χ1v) is 9.86. The third kappa shape index (κ3) is 5.01. The number of pyridine rings is 1. The average molecular weight is 455 g/mol. The Hall–Kier alpha value is -2.83. The Balaban J connectivity index is 2.57. The maximum absolute atomic E-state index is 13.0. The molecule has 1 aromatic carbocycles. The number of alkyl halides is 6. The van der Waals surface area contributed by atoms with Gasteiger partial charge in [-0.25, -0.2) is 13.4 Å². The molecule has 0 atom stereocenters. The SMILES string of the molecule is CCS(=O)(=O)c1cc(C(F)(F)F)ccc1C(=O)Nc1cc(C(F)(F)F)cnc1NC. The van der Waals surface area contributed by atoms with E-state index in [1.54, 1.807) is 0 Å². The second kappa shape index (κ2) is 8.13. The van der Waals surface area contributed by atoms with E-state index in [9.17, 15) is 39.6 Å². The van der Waals surface area contributed by atoms with E-state index in [2.05, 4.69) is 15.6 Å². The highest BCUT2D eigenvalue weighted by Gasteiger charge is 2.34. The number of nitrogens with one attached hydrogen (secondary N) is 2. The van der Waals surface area contributed by atoms with E-state index in [1.807, 2.05) is 0 Å². The minimum Gasteiger partial charge on any atom is -0.371 e. The molecule has 6 nitrogen and oxygen atoms in total. The highest BCUT2D eigenvalue weighted by Crippen LogP contribution is 2.34. The summed E-state index contributed by atoms with van der Waals surface area (Å²) < 4.78 is 102. The molecular weight excluding hydrogens is 440 g/mol. The third-order valence-electron chi connectivity index (χ3n) is 3.97. The van der Waals surface area contributed by atoms with Gasteiger partial charge in [-0.1, -0.05) is 6.92 Å². The monoisotopic (exact) mass is 455 g/mol. The molecule has 1 heterocycles. The topological polar surface area (TPSA) is 88.2 Å². The first kappa shape index (κ1) is 23.4. The van der Waals surface area contributed by atoms with Gasteiger partial charge in [0.15, 0.2) is 9.84 Å². The predicted molar refractivity (Wildman–Crippen MR) is 95.9 cm³/mol. The van der Waals surface area contributed by atoms with Crippen molar-refractivity contribution < 1.29 is 39.6 Å². The highest BCUT2D eigenvalue weighted by atomic mass is 32.2. The number of carbonyl (C=O) groups excluding carboxylic acids is 1. The number of halogens is 6. The van der Waals surface area contributed by atoms with Crippen LogP contribution in [0.4, 0.5) is 37.8 Å². The lowest BCUT2D eigenvalue weighted by molar-refractivity contribution is -0.138. The Labute approximate surface area is 167 Å². The molecule has 0 radical (unpaired) electrons. The van der Waals surface area contributed by atoms with Gasteiger partial charge in [-0.15, -0.1) is 0 Å². The summed E-state index contributed by atoms with van der Waals surface area (Å²) in [5.74, 6) is -1.97. The number of carbonyl (C=O) groups is 1. The first-order valence-electron chi connectivity index (χ1n) is 8.21. The second-order valence-electron chi connectivity index (χ2n) is 5.93. The first-order chi connectivity index (χ1) is 13.7. The normalized spacial score (nSPS) is 12.5. The maximum atomic E-state index is 13.0. The molecule has 0 bridgehead atoms. The van der Waals surface area contributed by atoms with Crippen LogP contribution in [0.2, 0.25) is 0 Å². The molecular formula is C17H15F6N3O3S. The van der Waals surface area contributed by atoms with Crippen molar-refractivity contribution in [2.24, 2.45) is 0 Å². The van der Waals surface area contributed by atoms with E-state index in [1.165, 1.54) is 14.0 Å². The fraction of sp³-hybridized carbons (Fsp3) is 0.294. The van der Waals surface area contributed by atoms with Crippen LogP contribution in [0, 0.1) is 0 Å². The van der Waals surface area contributed by atoms with E-state index < -0.39 is 61.1 Å². The van der Waals surface area contributed by atoms with Gasteiger partial charge in [-0.3, -0.25) is 4.79 Å². The summed E-state index contributed by atoms with van der Waals surface area (Å²) in [6, 6.07) is 2.04. The lowest BCUT2D eigenvalue weighted by Crippen LogP contribution is -2.20. The minimum absolute atomic E-state index is 0.164. The van der Waals surface area contributed by atoms with Gasteiger partial charge in [-0.2, -0.15) is 26.3 Å². The van der Waals surface area contributed by atoms with Crippen molar-refractivity contribution in [1.82, 2.24) is 4.98 Å². The van der Waals surface area contributed by atoms with Crippen molar-refractivity contribution in [3.05, 3.63) is 47.2 Å². The number of hydrogen-bond acceptors (Lipinski definition) is 5. The van der Waals surface area contributed by atoms with Crippen molar-refractivity contribution >= 4 is 27.2 Å². The van der Waals surface area contributed by atoms with Crippen LogP contribution in [-0.2, 0) is 22.2 Å². The second-order valence-corrected chi connectivity index (χ2v) is 8.18. The van der Waals surface area contributed by atoms with Crippen molar-refractivity contribution in [2.75, 3.05) is 23.4 Å². The van der Waals surface area contributed by atoms with Crippen LogP contribution in [0.3, 0.4) is 0 Å². The zero-order chi connectivity index (χ0) is 22.9. The van der Waals surface area contributed by atoms with Gasteiger partial charge in [0, 0.05) is 13.2 Å². The summed E-state index contributed by atoms with van der Waals surface area (Å²) in [6.07, 6.45) is -9.12. The lowest BCUT2D eigenvalue weighted by atomic mass is 10.1. The Morgan fingerprint density at radius 3 is 2.13 bits per heavy atom. The van der Waals surface area contributed by atoms with Gasteiger partial charge < -0.3 is 10.6 Å². The molecule has 30 heavy (non-hydrogen) atoms. The van der Waals surface area contributed by atoms with Crippen molar-refractivity contribution in [1.29, 1.82) is 0 Å². The summed E-state index contributed by atoms with van der Waals surface area (Å²) in [7, 11) is -2.95. The Morgan fingerprint density at radius 2 is 1.63 bits per heavy atom. The van der Waals surface area contributed by atoms with Crippen LogP contribution in [-0.4, -0.2) is 32.1 Å². The number of nitrogens with zero attached hydrogens (tertiary/aromatic N) is 1. The molecule has 0 aliphatic rings. The summed E-state index contributed by atoms with van der Waals surface area (Å²) in [4.78, 5) is 15.2. The van der Waals surface area contributed by atoms with Gasteiger partial charge in [0.2, 0.25) is 0 Å². The molecule has 0 aliphatic heterocycles. The van der Waals surface area contributed by atoms with Gasteiger partial charge in [0.25, 0.3) is 5.91 Å². The zero-order valence-corrected chi connectivity index (χ0v) is 16.3. The number of hydrogen-bond donors (Lipinski definition) is 2. The molecule has 2 aromatic rings. The molecule has 2 N–H and O–H groups in total. The smallest absolute Gasteiger partial charge is 0.371 e. The van der Waals surface area contributed by atoms with Crippen LogP contribution < -0.4 is 10.6 Å². The molecule has 1 aromatic heterocycles. The summed E-state index contributed by atoms with van der Waals surface area (Å²) >= 11 is 0. The van der Waals surface area contributed by atoms with Gasteiger partial charge in [-0.05, 0) is 24.3 Å². The lowest BCUT2D eigenvalue weighted by Gasteiger charge is -2.16. The number of amides is 1. The molecule has 13 heteroatoms. The van der Waals surface area contributed by atoms with Crippen LogP contribution in [0.25, 0.3) is 0 Å². The van der Waals surface area contributed by atoms with Crippen molar-refractivity contribution in [3.8, 4) is 0 Å². The van der Waals surface area contributed by atoms with E-state index in [0.29, 0.717) is 30.5 Å². The number of aromatic nitrogens is 1. The standard InChI is InChI=1S/C17H15F6N3O3S/c1-3-30(28,29)13-7-9(16(18,19)20)4-5-11(13)15(27)26-12-6-10(17(21,22)23)8-25-14(12)24-2/h4-8H,3H2,1-2H3,(H,24,25)(H,26,27). The number of anilines is 2. The van der Waals surface area contributed by atoms with Crippen molar-refractivity contribution in [2.45, 2.75) is 24.2 Å². The number of rotatable bonds is 5. The maximum Gasteiger partial charge on any atom is 0.417 e. The van der Waals surface area contributed by atoms with Crippen LogP contribution in [0.15, 0.2) is 35.4 Å². The van der Waals surface area contributed by atoms with E-state index in [4.69, 9.17) is 0 Å². The quantitative estimate of drug-likeness (QED) is 0.660. The fourth-order valence-corrected chi connectivity index (χ4v) is 3.52. The van der Waals surface area contributed by atoms with E-state index >= 15 is 0 Å². The van der Waals surface area contributed by atoms with E-state index in [0.717, 1.165) is 0 Å². The Morgan fingerprint density at radius 1 is 1.03 bits per heavy atom. The third-order valence-corrected chi connectivity index (χ3v) is 5.74. The Bertz CT molecular complexity index is 1070. The van der Waals surface area contributed by atoms with Gasteiger partial charge in [0.1, 0.15) is 5.82 Å². The minimum atomic E-state index is -4.86. The summed E-state index contributed by atoms with van der Waals surface area (Å²) in [5.41, 5.74) is -3.56. The molecule has 0 aliphatic carbocycles. The number of sulfone groups is 1. The molecule has 2 rings (SSSR count). The van der Waals surface area contributed by atoms with Gasteiger partial charge >= 0.3 is 12.4 Å². The molecule has 1 amide bonds. The molecule has 0 fully saturated rings. The van der Waals surface area contributed by atoms with Gasteiger partial charge in [0.05, 0.1) is 33.0 Å². The Kier molecular flexibility index (Phi) is 6.35.